The van der Waals surface area contributed by atoms with Gasteiger partial charge < -0.3 is 26.0 Å². The molecule has 2 fully saturated rings. The Labute approximate surface area is 173 Å². The number of nitrogens with two attached hydrogens (primary N) is 2. The molecule has 29 heavy (non-hydrogen) atoms. The number of nitrogens with zero attached hydrogens (tertiary/aromatic N) is 1. The highest BCUT2D eigenvalue weighted by atomic mass is 16.5. The third-order valence-electron chi connectivity index (χ3n) is 5.88. The molecule has 0 aromatic heterocycles. The Kier molecular flexibility index (Phi) is 8.74. The van der Waals surface area contributed by atoms with Crippen molar-refractivity contribution < 1.29 is 19.4 Å². The molecule has 0 unspecified atom stereocenters. The average molecular weight is 404 g/mol. The molecular weight excluding hydrogens is 370 g/mol. The van der Waals surface area contributed by atoms with Crippen LogP contribution in [0.5, 0.6) is 11.5 Å². The summed E-state index contributed by atoms with van der Waals surface area (Å²) in [5.74, 6) is 0.283. The maximum absolute atomic E-state index is 11.2. The largest absolute Gasteiger partial charge is 0.493 e. The number of carboxylic acid groups (broad SMARTS) is 1. The van der Waals surface area contributed by atoms with E-state index in [0.717, 1.165) is 18.4 Å². The van der Waals surface area contributed by atoms with Crippen LogP contribution in [0, 0.1) is 17.2 Å². The molecule has 0 spiro atoms. The predicted molar refractivity (Wildman–Crippen MR) is 111 cm³/mol. The molecule has 0 saturated heterocycles. The topological polar surface area (TPSA) is 132 Å². The van der Waals surface area contributed by atoms with Gasteiger partial charge in [0.2, 0.25) is 0 Å². The Morgan fingerprint density at radius 1 is 1.17 bits per heavy atom. The van der Waals surface area contributed by atoms with E-state index in [9.17, 15) is 15.2 Å². The summed E-state index contributed by atoms with van der Waals surface area (Å²) >= 11 is 0. The van der Waals surface area contributed by atoms with Crippen molar-refractivity contribution in [2.24, 2.45) is 17.4 Å². The van der Waals surface area contributed by atoms with E-state index >= 15 is 0 Å². The van der Waals surface area contributed by atoms with Crippen LogP contribution >= 0.6 is 0 Å². The molecule has 0 heterocycles. The van der Waals surface area contributed by atoms with Crippen LogP contribution in [-0.4, -0.2) is 37.4 Å². The first-order valence-corrected chi connectivity index (χ1v) is 10.4. The van der Waals surface area contributed by atoms with Crippen LogP contribution in [0.2, 0.25) is 0 Å². The normalized spacial score (nSPS) is 24.1. The van der Waals surface area contributed by atoms with Crippen molar-refractivity contribution in [3.05, 3.63) is 23.8 Å². The fourth-order valence-corrected chi connectivity index (χ4v) is 4.07. The number of rotatable bonds is 6. The number of carbonyl (C=O) groups is 1. The molecule has 0 bridgehead atoms. The summed E-state index contributed by atoms with van der Waals surface area (Å²) in [7, 11) is 1.62. The van der Waals surface area contributed by atoms with Gasteiger partial charge in [-0.15, -0.1) is 0 Å². The van der Waals surface area contributed by atoms with E-state index in [1.54, 1.807) is 7.11 Å². The fraction of sp³-hybridized carbons (Fsp3) is 0.636. The highest BCUT2D eigenvalue weighted by Gasteiger charge is 2.39. The van der Waals surface area contributed by atoms with E-state index in [1.165, 1.54) is 12.8 Å². The Balaban J connectivity index is 0.000000687. The number of hydrogen-bond donors (Lipinski definition) is 3. The minimum atomic E-state index is -0.758. The molecule has 7 heteroatoms. The summed E-state index contributed by atoms with van der Waals surface area (Å²) < 4.78 is 11.6. The van der Waals surface area contributed by atoms with Gasteiger partial charge in [-0.1, -0.05) is 6.07 Å². The second-order valence-electron chi connectivity index (χ2n) is 7.77. The smallest absolute Gasteiger partial charge is 0.306 e. The van der Waals surface area contributed by atoms with E-state index < -0.39 is 11.4 Å². The van der Waals surface area contributed by atoms with Gasteiger partial charge in [-0.2, -0.15) is 5.26 Å². The van der Waals surface area contributed by atoms with Gasteiger partial charge in [0.05, 0.1) is 30.6 Å². The molecule has 0 radical (unpaired) electrons. The van der Waals surface area contributed by atoms with E-state index in [-0.39, 0.29) is 12.0 Å². The van der Waals surface area contributed by atoms with Crippen molar-refractivity contribution in [2.75, 3.05) is 20.2 Å². The molecule has 3 rings (SSSR count). The summed E-state index contributed by atoms with van der Waals surface area (Å²) in [6.07, 6.45) is 6.89. The van der Waals surface area contributed by atoms with E-state index in [2.05, 4.69) is 6.07 Å². The standard InChI is InChI=1S/C20H25NO4.C2H8N2/c1-24-17-7-6-15(12-18(17)25-16-4-2-3-5-16)20(13-21)10-8-14(9-11-20)19(22)23;3-1-2-4/h6-7,12,14,16H,2-5,8-11H2,1H3,(H,22,23);1-4H2/t14-,20+;. The van der Waals surface area contributed by atoms with Gasteiger partial charge in [0.15, 0.2) is 11.5 Å². The van der Waals surface area contributed by atoms with Crippen molar-refractivity contribution in [3.8, 4) is 17.6 Å². The molecule has 160 valence electrons. The fourth-order valence-electron chi connectivity index (χ4n) is 4.07. The number of carboxylic acids is 1. The predicted octanol–water partition coefficient (Wildman–Crippen LogP) is 2.96. The van der Waals surface area contributed by atoms with E-state index in [0.29, 0.717) is 50.3 Å². The zero-order valence-electron chi connectivity index (χ0n) is 17.2. The number of benzene rings is 1. The number of ether oxygens (including phenoxy) is 2. The first-order valence-electron chi connectivity index (χ1n) is 10.4. The summed E-state index contributed by atoms with van der Waals surface area (Å²) in [6, 6.07) is 8.18. The molecule has 0 aliphatic heterocycles. The molecule has 0 amide bonds. The van der Waals surface area contributed by atoms with Crippen LogP contribution in [0.4, 0.5) is 0 Å². The minimum absolute atomic E-state index is 0.213. The van der Waals surface area contributed by atoms with E-state index in [4.69, 9.17) is 20.9 Å². The van der Waals surface area contributed by atoms with Gasteiger partial charge in [0, 0.05) is 13.1 Å². The highest BCUT2D eigenvalue weighted by molar-refractivity contribution is 5.70. The molecular formula is C22H33N3O4. The second-order valence-corrected chi connectivity index (χ2v) is 7.77. The minimum Gasteiger partial charge on any atom is -0.493 e. The second kappa shape index (κ2) is 11.0. The Morgan fingerprint density at radius 2 is 1.79 bits per heavy atom. The van der Waals surface area contributed by atoms with Crippen molar-refractivity contribution in [1.82, 2.24) is 0 Å². The molecule has 2 saturated carbocycles. The average Bonchev–Trinajstić information content (AvgIpc) is 3.27. The van der Waals surface area contributed by atoms with Gasteiger partial charge in [0.1, 0.15) is 0 Å². The summed E-state index contributed by atoms with van der Waals surface area (Å²) in [4.78, 5) is 11.2. The third kappa shape index (κ3) is 5.84. The number of hydrogen-bond acceptors (Lipinski definition) is 6. The van der Waals surface area contributed by atoms with Gasteiger partial charge in [-0.05, 0) is 69.1 Å². The van der Waals surface area contributed by atoms with Crippen molar-refractivity contribution >= 4 is 5.97 Å². The van der Waals surface area contributed by atoms with Crippen LogP contribution in [0.25, 0.3) is 0 Å². The molecule has 2 aliphatic rings. The van der Waals surface area contributed by atoms with Crippen LogP contribution in [0.1, 0.15) is 56.9 Å². The van der Waals surface area contributed by atoms with Crippen LogP contribution in [0.15, 0.2) is 18.2 Å². The van der Waals surface area contributed by atoms with Crippen LogP contribution < -0.4 is 20.9 Å². The molecule has 5 N–H and O–H groups in total. The van der Waals surface area contributed by atoms with Crippen molar-refractivity contribution in [2.45, 2.75) is 62.9 Å². The van der Waals surface area contributed by atoms with Crippen molar-refractivity contribution in [1.29, 1.82) is 5.26 Å². The lowest BCUT2D eigenvalue weighted by molar-refractivity contribution is -0.143. The summed E-state index contributed by atoms with van der Waals surface area (Å²) in [6.45, 7) is 1.19. The van der Waals surface area contributed by atoms with Gasteiger partial charge >= 0.3 is 5.97 Å². The quantitative estimate of drug-likeness (QED) is 0.665. The molecule has 0 atom stereocenters. The lowest BCUT2D eigenvalue weighted by atomic mass is 9.67. The Morgan fingerprint density at radius 3 is 2.28 bits per heavy atom. The first-order chi connectivity index (χ1) is 14.0. The van der Waals surface area contributed by atoms with Gasteiger partial charge in [-0.25, -0.2) is 0 Å². The zero-order valence-corrected chi connectivity index (χ0v) is 17.2. The van der Waals surface area contributed by atoms with Crippen LogP contribution in [-0.2, 0) is 10.2 Å². The van der Waals surface area contributed by atoms with Gasteiger partial charge in [0.25, 0.3) is 0 Å². The van der Waals surface area contributed by atoms with Gasteiger partial charge in [-0.3, -0.25) is 4.79 Å². The highest BCUT2D eigenvalue weighted by Crippen LogP contribution is 2.44. The number of aliphatic carboxylic acids is 1. The third-order valence-corrected chi connectivity index (χ3v) is 5.88. The summed E-state index contributed by atoms with van der Waals surface area (Å²) in [5.41, 5.74) is 10.1. The maximum atomic E-state index is 11.2. The van der Waals surface area contributed by atoms with E-state index in [1.807, 2.05) is 18.2 Å². The lowest BCUT2D eigenvalue weighted by Gasteiger charge is -2.34. The first kappa shape index (κ1) is 23.0. The lowest BCUT2D eigenvalue weighted by Crippen LogP contribution is -2.33. The van der Waals surface area contributed by atoms with Crippen LogP contribution in [0.3, 0.4) is 0 Å². The molecule has 2 aliphatic carbocycles. The zero-order chi connectivity index (χ0) is 21.3. The number of methoxy groups -OCH3 is 1. The molecule has 1 aromatic carbocycles. The molecule has 1 aromatic rings. The monoisotopic (exact) mass is 403 g/mol. The summed E-state index contributed by atoms with van der Waals surface area (Å²) in [5, 5.41) is 19.1. The Hall–Kier alpha value is -2.30. The maximum Gasteiger partial charge on any atom is 0.306 e. The van der Waals surface area contributed by atoms with Crippen molar-refractivity contribution in [3.63, 3.8) is 0 Å². The SMILES string of the molecule is COc1ccc([C@]2(C#N)CC[C@H](C(=O)O)CC2)cc1OC1CCCC1.NCCN. The Bertz CT molecular complexity index is 700. The molecule has 7 nitrogen and oxygen atoms in total. The number of nitriles is 1.